The minimum absolute atomic E-state index is 0.328. The van der Waals surface area contributed by atoms with Gasteiger partial charge in [0.2, 0.25) is 0 Å². The molecular weight excluding hydrogens is 243 g/mol. The Morgan fingerprint density at radius 2 is 2.00 bits per heavy atom. The lowest BCUT2D eigenvalue weighted by Crippen LogP contribution is -2.34. The number of nitrogens with two attached hydrogens (primary N) is 1. The van der Waals surface area contributed by atoms with E-state index in [1.165, 1.54) is 12.8 Å². The first kappa shape index (κ1) is 12.0. The zero-order valence-corrected chi connectivity index (χ0v) is 10.6. The summed E-state index contributed by atoms with van der Waals surface area (Å²) in [6.45, 7) is 0. The summed E-state index contributed by atoms with van der Waals surface area (Å²) in [7, 11) is 0. The molecule has 2 unspecified atom stereocenters. The van der Waals surface area contributed by atoms with Gasteiger partial charge in [-0.05, 0) is 43.9 Å². The van der Waals surface area contributed by atoms with Crippen LogP contribution in [-0.4, -0.2) is 12.1 Å². The highest BCUT2D eigenvalue weighted by Gasteiger charge is 2.18. The third-order valence-corrected chi connectivity index (χ3v) is 3.74. The molecule has 0 radical (unpaired) electrons. The van der Waals surface area contributed by atoms with Crippen LogP contribution in [0.4, 0.5) is 5.69 Å². The minimum atomic E-state index is 0.328. The van der Waals surface area contributed by atoms with Crippen LogP contribution in [0.25, 0.3) is 0 Å². The van der Waals surface area contributed by atoms with Crippen LogP contribution in [0.5, 0.6) is 0 Å². The maximum atomic E-state index is 5.96. The van der Waals surface area contributed by atoms with Crippen molar-refractivity contribution in [3.63, 3.8) is 0 Å². The number of anilines is 1. The molecule has 16 heavy (non-hydrogen) atoms. The van der Waals surface area contributed by atoms with Gasteiger partial charge in [0.1, 0.15) is 0 Å². The monoisotopic (exact) mass is 258 g/mol. The molecule has 2 nitrogen and oxygen atoms in total. The van der Waals surface area contributed by atoms with Gasteiger partial charge >= 0.3 is 0 Å². The Hall–Kier alpha value is -0.440. The smallest absolute Gasteiger partial charge is 0.0612 e. The van der Waals surface area contributed by atoms with Gasteiger partial charge in [0.05, 0.1) is 10.0 Å². The van der Waals surface area contributed by atoms with E-state index in [9.17, 15) is 0 Å². The van der Waals surface area contributed by atoms with Crippen molar-refractivity contribution < 1.29 is 0 Å². The van der Waals surface area contributed by atoms with E-state index in [0.29, 0.717) is 22.1 Å². The van der Waals surface area contributed by atoms with E-state index in [2.05, 4.69) is 5.32 Å². The molecule has 1 aliphatic rings. The topological polar surface area (TPSA) is 38.0 Å². The molecule has 1 saturated carbocycles. The summed E-state index contributed by atoms with van der Waals surface area (Å²) in [6, 6.07) is 6.42. The van der Waals surface area contributed by atoms with Crippen LogP contribution < -0.4 is 11.1 Å². The van der Waals surface area contributed by atoms with Crippen LogP contribution in [0, 0.1) is 0 Å². The normalized spacial score (nSPS) is 25.4. The SMILES string of the molecule is NC1CCCC(Nc2ccc(Cl)c(Cl)c2)C1. The van der Waals surface area contributed by atoms with Crippen LogP contribution in [0.1, 0.15) is 25.7 Å². The third-order valence-electron chi connectivity index (χ3n) is 3.01. The van der Waals surface area contributed by atoms with E-state index in [-0.39, 0.29) is 0 Å². The highest BCUT2D eigenvalue weighted by atomic mass is 35.5. The zero-order chi connectivity index (χ0) is 11.5. The van der Waals surface area contributed by atoms with Gasteiger partial charge in [0.15, 0.2) is 0 Å². The van der Waals surface area contributed by atoms with Gasteiger partial charge in [-0.2, -0.15) is 0 Å². The Kier molecular flexibility index (Phi) is 3.95. The van der Waals surface area contributed by atoms with Crippen molar-refractivity contribution >= 4 is 28.9 Å². The lowest BCUT2D eigenvalue weighted by molar-refractivity contribution is 0.409. The van der Waals surface area contributed by atoms with Crippen LogP contribution in [0.15, 0.2) is 18.2 Å². The van der Waals surface area contributed by atoms with Crippen molar-refractivity contribution in [3.05, 3.63) is 28.2 Å². The highest BCUT2D eigenvalue weighted by Crippen LogP contribution is 2.27. The number of benzene rings is 1. The molecule has 4 heteroatoms. The first-order chi connectivity index (χ1) is 7.65. The summed E-state index contributed by atoms with van der Waals surface area (Å²) in [5.74, 6) is 0. The maximum Gasteiger partial charge on any atom is 0.0612 e. The Labute approximate surface area is 106 Å². The second kappa shape index (κ2) is 5.26. The Morgan fingerprint density at radius 1 is 1.19 bits per heavy atom. The van der Waals surface area contributed by atoms with Crippen molar-refractivity contribution in [3.8, 4) is 0 Å². The predicted molar refractivity (Wildman–Crippen MR) is 70.3 cm³/mol. The van der Waals surface area contributed by atoms with E-state index in [1.54, 1.807) is 0 Å². The van der Waals surface area contributed by atoms with Gasteiger partial charge in [0.25, 0.3) is 0 Å². The Balaban J connectivity index is 2.00. The number of hydrogen-bond acceptors (Lipinski definition) is 2. The standard InChI is InChI=1S/C12H16Cl2N2/c13-11-5-4-10(7-12(11)14)16-9-3-1-2-8(15)6-9/h4-5,7-9,16H,1-3,6,15H2. The summed E-state index contributed by atoms with van der Waals surface area (Å²) in [5, 5.41) is 4.64. The molecule has 2 atom stereocenters. The molecule has 0 spiro atoms. The highest BCUT2D eigenvalue weighted by molar-refractivity contribution is 6.42. The fraction of sp³-hybridized carbons (Fsp3) is 0.500. The summed E-state index contributed by atoms with van der Waals surface area (Å²) in [6.07, 6.45) is 4.54. The molecule has 1 aromatic rings. The van der Waals surface area contributed by atoms with Crippen molar-refractivity contribution in [1.82, 2.24) is 0 Å². The molecule has 0 bridgehead atoms. The summed E-state index contributed by atoms with van der Waals surface area (Å²) >= 11 is 11.8. The maximum absolute atomic E-state index is 5.96. The minimum Gasteiger partial charge on any atom is -0.382 e. The second-order valence-electron chi connectivity index (χ2n) is 4.40. The number of hydrogen-bond donors (Lipinski definition) is 2. The quantitative estimate of drug-likeness (QED) is 0.850. The van der Waals surface area contributed by atoms with Crippen LogP contribution in [0.2, 0.25) is 10.0 Å². The molecule has 0 heterocycles. The van der Waals surface area contributed by atoms with Gasteiger partial charge in [-0.1, -0.05) is 23.2 Å². The summed E-state index contributed by atoms with van der Waals surface area (Å²) in [5.41, 5.74) is 6.97. The van der Waals surface area contributed by atoms with Crippen LogP contribution >= 0.6 is 23.2 Å². The van der Waals surface area contributed by atoms with Crippen molar-refractivity contribution in [1.29, 1.82) is 0 Å². The van der Waals surface area contributed by atoms with Gasteiger partial charge in [-0.15, -0.1) is 0 Å². The summed E-state index contributed by atoms with van der Waals surface area (Å²) < 4.78 is 0. The fourth-order valence-electron chi connectivity index (χ4n) is 2.18. The molecule has 3 N–H and O–H groups in total. The molecular formula is C12H16Cl2N2. The lowest BCUT2D eigenvalue weighted by atomic mass is 9.91. The van der Waals surface area contributed by atoms with Gasteiger partial charge < -0.3 is 11.1 Å². The van der Waals surface area contributed by atoms with E-state index in [1.807, 2.05) is 18.2 Å². The predicted octanol–water partition coefficient (Wildman–Crippen LogP) is 3.68. The van der Waals surface area contributed by atoms with Gasteiger partial charge in [-0.25, -0.2) is 0 Å². The van der Waals surface area contributed by atoms with Crippen molar-refractivity contribution in [2.24, 2.45) is 5.73 Å². The first-order valence-electron chi connectivity index (χ1n) is 5.62. The molecule has 1 aliphatic carbocycles. The van der Waals surface area contributed by atoms with E-state index >= 15 is 0 Å². The van der Waals surface area contributed by atoms with Crippen LogP contribution in [0.3, 0.4) is 0 Å². The van der Waals surface area contributed by atoms with Crippen molar-refractivity contribution in [2.75, 3.05) is 5.32 Å². The van der Waals surface area contributed by atoms with E-state index in [4.69, 9.17) is 28.9 Å². The number of halogens is 2. The largest absolute Gasteiger partial charge is 0.382 e. The van der Waals surface area contributed by atoms with Gasteiger partial charge in [-0.3, -0.25) is 0 Å². The molecule has 0 saturated heterocycles. The van der Waals surface area contributed by atoms with E-state index < -0.39 is 0 Å². The van der Waals surface area contributed by atoms with Crippen LogP contribution in [-0.2, 0) is 0 Å². The molecule has 1 aromatic carbocycles. The number of nitrogens with one attached hydrogen (secondary N) is 1. The lowest BCUT2D eigenvalue weighted by Gasteiger charge is -2.28. The average molecular weight is 259 g/mol. The molecule has 1 fully saturated rings. The molecule has 2 rings (SSSR count). The Bertz CT molecular complexity index is 368. The van der Waals surface area contributed by atoms with Crippen molar-refractivity contribution in [2.45, 2.75) is 37.8 Å². The van der Waals surface area contributed by atoms with E-state index in [0.717, 1.165) is 18.5 Å². The zero-order valence-electron chi connectivity index (χ0n) is 9.05. The second-order valence-corrected chi connectivity index (χ2v) is 5.21. The number of rotatable bonds is 2. The fourth-order valence-corrected chi connectivity index (χ4v) is 2.48. The first-order valence-corrected chi connectivity index (χ1v) is 6.38. The molecule has 0 aliphatic heterocycles. The molecule has 88 valence electrons. The Morgan fingerprint density at radius 3 is 2.69 bits per heavy atom. The van der Waals surface area contributed by atoms with Gasteiger partial charge in [0, 0.05) is 17.8 Å². The average Bonchev–Trinajstić information content (AvgIpc) is 2.24. The summed E-state index contributed by atoms with van der Waals surface area (Å²) in [4.78, 5) is 0. The third kappa shape index (κ3) is 3.03. The molecule has 0 amide bonds. The molecule has 0 aromatic heterocycles.